The Kier molecular flexibility index (Phi) is 4.97. The molecule has 2 fully saturated rings. The van der Waals surface area contributed by atoms with E-state index in [0.29, 0.717) is 26.1 Å². The maximum absolute atomic E-state index is 13.1. The van der Waals surface area contributed by atoms with Gasteiger partial charge in [0.15, 0.2) is 0 Å². The third kappa shape index (κ3) is 3.46. The summed E-state index contributed by atoms with van der Waals surface area (Å²) in [6.07, 6.45) is -1.43. The van der Waals surface area contributed by atoms with Gasteiger partial charge >= 0.3 is 6.18 Å². The molecule has 20 heavy (non-hydrogen) atoms. The molecule has 118 valence electrons. The largest absolute Gasteiger partial charge is 0.391 e. The molecule has 0 spiro atoms. The summed E-state index contributed by atoms with van der Waals surface area (Å²) in [5.41, 5.74) is 5.42. The van der Waals surface area contributed by atoms with Gasteiger partial charge in [-0.3, -0.25) is 4.90 Å². The molecule has 1 heterocycles. The summed E-state index contributed by atoms with van der Waals surface area (Å²) in [4.78, 5) is 2.17. The monoisotopic (exact) mass is 294 g/mol. The van der Waals surface area contributed by atoms with Gasteiger partial charge in [0.25, 0.3) is 0 Å². The first-order valence-electron chi connectivity index (χ1n) is 7.51. The first kappa shape index (κ1) is 16.0. The predicted octanol–water partition coefficient (Wildman–Crippen LogP) is 2.55. The molecular weight excluding hydrogens is 269 g/mol. The molecule has 1 saturated heterocycles. The van der Waals surface area contributed by atoms with Crippen molar-refractivity contribution in [1.29, 1.82) is 0 Å². The highest BCUT2D eigenvalue weighted by atomic mass is 19.4. The van der Waals surface area contributed by atoms with Gasteiger partial charge in [0.1, 0.15) is 0 Å². The minimum atomic E-state index is -4.10. The summed E-state index contributed by atoms with van der Waals surface area (Å²) >= 11 is 0. The Bertz CT molecular complexity index is 324. The maximum Gasteiger partial charge on any atom is 0.391 e. The van der Waals surface area contributed by atoms with Gasteiger partial charge in [0.05, 0.1) is 12.0 Å². The Labute approximate surface area is 118 Å². The lowest BCUT2D eigenvalue weighted by Crippen LogP contribution is -2.58. The van der Waals surface area contributed by atoms with Crippen LogP contribution in [0.3, 0.4) is 0 Å². The Morgan fingerprint density at radius 3 is 2.75 bits per heavy atom. The lowest BCUT2D eigenvalue weighted by molar-refractivity contribution is -0.194. The summed E-state index contributed by atoms with van der Waals surface area (Å²) in [6.45, 7) is 4.42. The zero-order valence-corrected chi connectivity index (χ0v) is 12.1. The fourth-order valence-electron chi connectivity index (χ4n) is 3.65. The van der Waals surface area contributed by atoms with Crippen LogP contribution >= 0.6 is 0 Å². The Morgan fingerprint density at radius 2 is 2.10 bits per heavy atom. The second kappa shape index (κ2) is 6.20. The number of hydrogen-bond acceptors (Lipinski definition) is 3. The van der Waals surface area contributed by atoms with E-state index in [1.165, 1.54) is 0 Å². The van der Waals surface area contributed by atoms with Crippen molar-refractivity contribution >= 4 is 0 Å². The summed E-state index contributed by atoms with van der Waals surface area (Å²) in [5.74, 6) is -1.21. The average Bonchev–Trinajstić information content (AvgIpc) is 2.63. The van der Waals surface area contributed by atoms with Crippen LogP contribution in [0.4, 0.5) is 13.2 Å². The van der Waals surface area contributed by atoms with Crippen LogP contribution in [-0.2, 0) is 4.74 Å². The van der Waals surface area contributed by atoms with Crippen LogP contribution in [0.15, 0.2) is 0 Å². The number of halogens is 3. The fourth-order valence-corrected chi connectivity index (χ4v) is 3.65. The van der Waals surface area contributed by atoms with Crippen molar-refractivity contribution in [3.63, 3.8) is 0 Å². The number of hydrogen-bond donors (Lipinski definition) is 1. The van der Waals surface area contributed by atoms with Gasteiger partial charge in [-0.15, -0.1) is 0 Å². The fraction of sp³-hybridized carbons (Fsp3) is 1.00. The minimum absolute atomic E-state index is 0.0622. The molecule has 0 aromatic heterocycles. The Balaban J connectivity index is 2.15. The maximum atomic E-state index is 13.1. The molecule has 0 aromatic carbocycles. The van der Waals surface area contributed by atoms with Gasteiger partial charge in [-0.2, -0.15) is 13.2 Å². The topological polar surface area (TPSA) is 38.5 Å². The van der Waals surface area contributed by atoms with Gasteiger partial charge in [-0.1, -0.05) is 6.42 Å². The van der Waals surface area contributed by atoms with E-state index >= 15 is 0 Å². The lowest BCUT2D eigenvalue weighted by atomic mass is 9.74. The number of alkyl halides is 3. The quantitative estimate of drug-likeness (QED) is 0.850. The molecule has 3 atom stereocenters. The Morgan fingerprint density at radius 1 is 1.35 bits per heavy atom. The molecule has 0 aromatic rings. The van der Waals surface area contributed by atoms with Crippen LogP contribution in [-0.4, -0.2) is 49.0 Å². The highest BCUT2D eigenvalue weighted by Gasteiger charge is 2.49. The number of nitrogens with two attached hydrogens (primary N) is 1. The van der Waals surface area contributed by atoms with E-state index in [2.05, 4.69) is 4.90 Å². The Hall–Kier alpha value is -0.330. The predicted molar refractivity (Wildman–Crippen MR) is 71.4 cm³/mol. The second-order valence-electron chi connectivity index (χ2n) is 6.24. The molecule has 6 heteroatoms. The molecule has 0 amide bonds. The van der Waals surface area contributed by atoms with E-state index in [1.54, 1.807) is 0 Å². The SMILES string of the molecule is CC1CN(C2(CN)CCCC(C(F)(F)F)C2)CCCO1. The molecule has 2 rings (SSSR count). The molecule has 2 N–H and O–H groups in total. The molecule has 1 aliphatic heterocycles. The van der Waals surface area contributed by atoms with Crippen LogP contribution in [0, 0.1) is 5.92 Å². The van der Waals surface area contributed by atoms with Crippen molar-refractivity contribution in [2.45, 2.75) is 56.8 Å². The van der Waals surface area contributed by atoms with Gasteiger partial charge in [0.2, 0.25) is 0 Å². The highest BCUT2D eigenvalue weighted by Crippen LogP contribution is 2.44. The number of nitrogens with zero attached hydrogens (tertiary/aromatic N) is 1. The zero-order chi connectivity index (χ0) is 14.8. The van der Waals surface area contributed by atoms with Gasteiger partial charge in [-0.25, -0.2) is 0 Å². The third-order valence-electron chi connectivity index (χ3n) is 4.79. The minimum Gasteiger partial charge on any atom is -0.377 e. The van der Waals surface area contributed by atoms with Crippen molar-refractivity contribution in [3.8, 4) is 0 Å². The molecule has 3 unspecified atom stereocenters. The average molecular weight is 294 g/mol. The molecular formula is C14H25F3N2O. The summed E-state index contributed by atoms with van der Waals surface area (Å²) in [7, 11) is 0. The van der Waals surface area contributed by atoms with E-state index in [9.17, 15) is 13.2 Å². The van der Waals surface area contributed by atoms with Gasteiger partial charge in [-0.05, 0) is 32.6 Å². The van der Waals surface area contributed by atoms with Gasteiger partial charge in [0, 0.05) is 31.8 Å². The standard InChI is InChI=1S/C14H25F3N2O/c1-11-9-19(6-3-7-20-11)13(10-18)5-2-4-12(8-13)14(15,16)17/h11-12H,2-10,18H2,1H3. The third-order valence-corrected chi connectivity index (χ3v) is 4.79. The van der Waals surface area contributed by atoms with E-state index in [0.717, 1.165) is 19.4 Å². The van der Waals surface area contributed by atoms with Crippen LogP contribution in [0.25, 0.3) is 0 Å². The molecule has 2 aliphatic rings. The van der Waals surface area contributed by atoms with Crippen LogP contribution in [0.1, 0.15) is 39.0 Å². The molecule has 0 radical (unpaired) electrons. The van der Waals surface area contributed by atoms with Crippen LogP contribution in [0.5, 0.6) is 0 Å². The summed E-state index contributed by atoms with van der Waals surface area (Å²) < 4.78 is 44.8. The van der Waals surface area contributed by atoms with Crippen molar-refractivity contribution < 1.29 is 17.9 Å². The number of ether oxygens (including phenoxy) is 1. The van der Waals surface area contributed by atoms with Crippen molar-refractivity contribution in [2.75, 3.05) is 26.2 Å². The van der Waals surface area contributed by atoms with Gasteiger partial charge < -0.3 is 10.5 Å². The van der Waals surface area contributed by atoms with Crippen molar-refractivity contribution in [2.24, 2.45) is 11.7 Å². The number of rotatable bonds is 2. The second-order valence-corrected chi connectivity index (χ2v) is 6.24. The van der Waals surface area contributed by atoms with Crippen LogP contribution in [0.2, 0.25) is 0 Å². The molecule has 0 bridgehead atoms. The van der Waals surface area contributed by atoms with Crippen molar-refractivity contribution in [1.82, 2.24) is 4.90 Å². The normalized spacial score (nSPS) is 37.6. The van der Waals surface area contributed by atoms with Crippen molar-refractivity contribution in [3.05, 3.63) is 0 Å². The zero-order valence-electron chi connectivity index (χ0n) is 12.1. The first-order chi connectivity index (χ1) is 9.37. The molecule has 3 nitrogen and oxygen atoms in total. The van der Waals surface area contributed by atoms with E-state index in [1.807, 2.05) is 6.92 Å². The van der Waals surface area contributed by atoms with E-state index < -0.39 is 17.6 Å². The van der Waals surface area contributed by atoms with E-state index in [-0.39, 0.29) is 18.9 Å². The summed E-state index contributed by atoms with van der Waals surface area (Å²) in [5, 5.41) is 0. The molecule has 1 aliphatic carbocycles. The highest BCUT2D eigenvalue weighted by molar-refractivity contribution is 4.99. The summed E-state index contributed by atoms with van der Waals surface area (Å²) in [6, 6.07) is 0. The van der Waals surface area contributed by atoms with E-state index in [4.69, 9.17) is 10.5 Å². The lowest BCUT2D eigenvalue weighted by Gasteiger charge is -2.48. The molecule has 1 saturated carbocycles. The smallest absolute Gasteiger partial charge is 0.377 e. The first-order valence-corrected chi connectivity index (χ1v) is 7.51. The van der Waals surface area contributed by atoms with Crippen LogP contribution < -0.4 is 5.73 Å².